The molecule has 0 bridgehead atoms. The van der Waals surface area contributed by atoms with Gasteiger partial charge in [0.25, 0.3) is 0 Å². The number of hydrogen-bond acceptors (Lipinski definition) is 5. The zero-order chi connectivity index (χ0) is 13.8. The SMILES string of the molecule is CCOC(=O)C(C#N)=C1CCN(S(C)(=O)=O)CC1. The predicted molar refractivity (Wildman–Crippen MR) is 64.9 cm³/mol. The van der Waals surface area contributed by atoms with Crippen molar-refractivity contribution in [1.29, 1.82) is 5.26 Å². The Morgan fingerprint density at radius 1 is 1.44 bits per heavy atom. The Labute approximate surface area is 107 Å². The minimum atomic E-state index is -3.20. The van der Waals surface area contributed by atoms with Crippen molar-refractivity contribution in [2.24, 2.45) is 0 Å². The Morgan fingerprint density at radius 3 is 2.39 bits per heavy atom. The minimum Gasteiger partial charge on any atom is -0.462 e. The van der Waals surface area contributed by atoms with Gasteiger partial charge in [-0.2, -0.15) is 5.26 Å². The Bertz CT molecular complexity index is 492. The number of ether oxygens (including phenoxy) is 1. The van der Waals surface area contributed by atoms with E-state index in [4.69, 9.17) is 10.00 Å². The van der Waals surface area contributed by atoms with Gasteiger partial charge >= 0.3 is 5.97 Å². The predicted octanol–water partition coefficient (Wildman–Crippen LogP) is 0.425. The highest BCUT2D eigenvalue weighted by Gasteiger charge is 2.25. The molecule has 0 amide bonds. The van der Waals surface area contributed by atoms with E-state index in [1.54, 1.807) is 6.92 Å². The number of piperidine rings is 1. The molecule has 0 atom stereocenters. The van der Waals surface area contributed by atoms with Crippen LogP contribution in [-0.4, -0.2) is 44.6 Å². The van der Waals surface area contributed by atoms with Crippen molar-refractivity contribution in [3.05, 3.63) is 11.1 Å². The molecule has 0 spiro atoms. The van der Waals surface area contributed by atoms with Crippen molar-refractivity contribution in [2.45, 2.75) is 19.8 Å². The zero-order valence-electron chi connectivity index (χ0n) is 10.5. The number of rotatable bonds is 3. The molecule has 6 nitrogen and oxygen atoms in total. The van der Waals surface area contributed by atoms with Crippen LogP contribution in [-0.2, 0) is 19.6 Å². The molecule has 100 valence electrons. The van der Waals surface area contributed by atoms with Crippen LogP contribution in [0.25, 0.3) is 0 Å². The van der Waals surface area contributed by atoms with Gasteiger partial charge in [-0.1, -0.05) is 0 Å². The summed E-state index contributed by atoms with van der Waals surface area (Å²) < 4.78 is 28.8. The summed E-state index contributed by atoms with van der Waals surface area (Å²) in [4.78, 5) is 11.5. The van der Waals surface area contributed by atoms with Gasteiger partial charge in [-0.3, -0.25) is 0 Å². The smallest absolute Gasteiger partial charge is 0.348 e. The van der Waals surface area contributed by atoms with Gasteiger partial charge in [0, 0.05) is 13.1 Å². The van der Waals surface area contributed by atoms with Crippen LogP contribution in [0, 0.1) is 11.3 Å². The molecule has 0 aromatic rings. The molecule has 0 unspecified atom stereocenters. The lowest BCUT2D eigenvalue weighted by atomic mass is 10.00. The highest BCUT2D eigenvalue weighted by Crippen LogP contribution is 2.22. The summed E-state index contributed by atoms with van der Waals surface area (Å²) in [6, 6.07) is 1.85. The molecule has 7 heteroatoms. The van der Waals surface area contributed by atoms with Crippen molar-refractivity contribution < 1.29 is 17.9 Å². The summed E-state index contributed by atoms with van der Waals surface area (Å²) in [5.41, 5.74) is 0.695. The van der Waals surface area contributed by atoms with Crippen molar-refractivity contribution in [3.8, 4) is 6.07 Å². The molecule has 1 heterocycles. The maximum absolute atomic E-state index is 11.5. The highest BCUT2D eigenvalue weighted by atomic mass is 32.2. The number of carbonyl (C=O) groups is 1. The van der Waals surface area contributed by atoms with E-state index in [1.165, 1.54) is 4.31 Å². The molecule has 0 radical (unpaired) electrons. The van der Waals surface area contributed by atoms with Gasteiger partial charge in [-0.15, -0.1) is 0 Å². The van der Waals surface area contributed by atoms with Crippen LogP contribution < -0.4 is 0 Å². The summed E-state index contributed by atoms with van der Waals surface area (Å²) in [6.07, 6.45) is 1.95. The van der Waals surface area contributed by atoms with E-state index < -0.39 is 16.0 Å². The van der Waals surface area contributed by atoms with Crippen LogP contribution >= 0.6 is 0 Å². The molecule has 1 aliphatic heterocycles. The first-order valence-electron chi connectivity index (χ1n) is 5.64. The van der Waals surface area contributed by atoms with E-state index >= 15 is 0 Å². The van der Waals surface area contributed by atoms with E-state index in [-0.39, 0.29) is 12.2 Å². The fourth-order valence-electron chi connectivity index (χ4n) is 1.81. The van der Waals surface area contributed by atoms with Gasteiger partial charge in [0.1, 0.15) is 11.6 Å². The summed E-state index contributed by atoms with van der Waals surface area (Å²) in [5, 5.41) is 8.96. The van der Waals surface area contributed by atoms with E-state index in [9.17, 15) is 13.2 Å². The third-order valence-electron chi connectivity index (χ3n) is 2.74. The first kappa shape index (κ1) is 14.7. The number of sulfonamides is 1. The fourth-order valence-corrected chi connectivity index (χ4v) is 2.66. The van der Waals surface area contributed by atoms with Gasteiger partial charge in [0.15, 0.2) is 0 Å². The van der Waals surface area contributed by atoms with Crippen LogP contribution in [0.4, 0.5) is 0 Å². The monoisotopic (exact) mass is 272 g/mol. The van der Waals surface area contributed by atoms with Gasteiger partial charge in [0.2, 0.25) is 10.0 Å². The molecular weight excluding hydrogens is 256 g/mol. The first-order valence-corrected chi connectivity index (χ1v) is 7.49. The van der Waals surface area contributed by atoms with Crippen molar-refractivity contribution in [3.63, 3.8) is 0 Å². The first-order chi connectivity index (χ1) is 8.40. The molecule has 0 aromatic heterocycles. The number of esters is 1. The molecule has 18 heavy (non-hydrogen) atoms. The summed E-state index contributed by atoms with van der Waals surface area (Å²) in [6.45, 7) is 2.49. The molecule has 1 saturated heterocycles. The Morgan fingerprint density at radius 2 is 2.00 bits per heavy atom. The summed E-state index contributed by atoms with van der Waals surface area (Å²) >= 11 is 0. The molecule has 0 N–H and O–H groups in total. The Kier molecular flexibility index (Phi) is 4.87. The van der Waals surface area contributed by atoms with Crippen LogP contribution in [0.15, 0.2) is 11.1 Å². The minimum absolute atomic E-state index is 0.0185. The largest absolute Gasteiger partial charge is 0.462 e. The van der Waals surface area contributed by atoms with Gasteiger partial charge in [-0.05, 0) is 25.3 Å². The van der Waals surface area contributed by atoms with Crippen LogP contribution in [0.1, 0.15) is 19.8 Å². The Balaban J connectivity index is 2.82. The molecule has 0 saturated carbocycles. The van der Waals surface area contributed by atoms with Crippen LogP contribution in [0.3, 0.4) is 0 Å². The van der Waals surface area contributed by atoms with E-state index in [1.807, 2.05) is 6.07 Å². The lowest BCUT2D eigenvalue weighted by Gasteiger charge is -2.26. The average molecular weight is 272 g/mol. The van der Waals surface area contributed by atoms with E-state index in [2.05, 4.69) is 0 Å². The lowest BCUT2D eigenvalue weighted by molar-refractivity contribution is -0.138. The second-order valence-corrected chi connectivity index (χ2v) is 5.96. The topological polar surface area (TPSA) is 87.5 Å². The molecular formula is C11H16N2O4S. The zero-order valence-corrected chi connectivity index (χ0v) is 11.3. The van der Waals surface area contributed by atoms with Gasteiger partial charge in [0.05, 0.1) is 12.9 Å². The normalized spacial score (nSPS) is 17.1. The Hall–Kier alpha value is -1.39. The van der Waals surface area contributed by atoms with Crippen LogP contribution in [0.2, 0.25) is 0 Å². The third-order valence-corrected chi connectivity index (χ3v) is 4.04. The number of carbonyl (C=O) groups excluding carboxylic acids is 1. The second-order valence-electron chi connectivity index (χ2n) is 3.97. The van der Waals surface area contributed by atoms with Crippen molar-refractivity contribution in [1.82, 2.24) is 4.31 Å². The molecule has 1 aliphatic rings. The number of hydrogen-bond donors (Lipinski definition) is 0. The maximum Gasteiger partial charge on any atom is 0.348 e. The van der Waals surface area contributed by atoms with E-state index in [0.717, 1.165) is 6.26 Å². The fraction of sp³-hybridized carbons (Fsp3) is 0.636. The maximum atomic E-state index is 11.5. The van der Waals surface area contributed by atoms with E-state index in [0.29, 0.717) is 31.5 Å². The lowest BCUT2D eigenvalue weighted by Crippen LogP contribution is -2.36. The number of nitrogens with zero attached hydrogens (tertiary/aromatic N) is 2. The molecule has 1 fully saturated rings. The van der Waals surface area contributed by atoms with Crippen molar-refractivity contribution in [2.75, 3.05) is 26.0 Å². The second kappa shape index (κ2) is 5.98. The van der Waals surface area contributed by atoms with Crippen LogP contribution in [0.5, 0.6) is 0 Å². The standard InChI is InChI=1S/C11H16N2O4S/c1-3-17-11(14)10(8-12)9-4-6-13(7-5-9)18(2,15)16/h3-7H2,1-2H3. The molecule has 0 aromatic carbocycles. The van der Waals surface area contributed by atoms with Gasteiger partial charge in [-0.25, -0.2) is 17.5 Å². The van der Waals surface area contributed by atoms with Gasteiger partial charge < -0.3 is 4.74 Å². The number of nitriles is 1. The van der Waals surface area contributed by atoms with Crippen molar-refractivity contribution >= 4 is 16.0 Å². The molecule has 0 aliphatic carbocycles. The third kappa shape index (κ3) is 3.55. The average Bonchev–Trinajstić information content (AvgIpc) is 2.30. The highest BCUT2D eigenvalue weighted by molar-refractivity contribution is 7.88. The molecule has 1 rings (SSSR count). The quantitative estimate of drug-likeness (QED) is 0.422. The summed E-state index contributed by atoms with van der Waals surface area (Å²) in [7, 11) is -3.20. The summed E-state index contributed by atoms with van der Waals surface area (Å²) in [5.74, 6) is -0.622.